The Morgan fingerprint density at radius 3 is 2.62 bits per heavy atom. The van der Waals surface area contributed by atoms with Crippen molar-refractivity contribution < 1.29 is 4.39 Å². The van der Waals surface area contributed by atoms with Gasteiger partial charge in [0.05, 0.1) is 11.4 Å². The van der Waals surface area contributed by atoms with Crippen molar-refractivity contribution in [1.29, 1.82) is 0 Å². The van der Waals surface area contributed by atoms with Gasteiger partial charge in [-0.1, -0.05) is 41.4 Å². The number of halogens is 3. The predicted molar refractivity (Wildman–Crippen MR) is 95.0 cm³/mol. The van der Waals surface area contributed by atoms with Crippen molar-refractivity contribution in [3.05, 3.63) is 75.1 Å². The van der Waals surface area contributed by atoms with Gasteiger partial charge in [0.25, 0.3) is 0 Å². The van der Waals surface area contributed by atoms with E-state index in [1.165, 1.54) is 6.07 Å². The third-order valence-corrected chi connectivity index (χ3v) is 4.58. The zero-order valence-electron chi connectivity index (χ0n) is 12.7. The highest BCUT2D eigenvalue weighted by Crippen LogP contribution is 2.32. The van der Waals surface area contributed by atoms with Crippen LogP contribution >= 0.6 is 23.2 Å². The average molecular weight is 362 g/mol. The Balaban J connectivity index is 1.79. The van der Waals surface area contributed by atoms with Crippen molar-refractivity contribution in [1.82, 2.24) is 9.78 Å². The van der Waals surface area contributed by atoms with Crippen LogP contribution in [0.1, 0.15) is 16.8 Å². The quantitative estimate of drug-likeness (QED) is 0.720. The summed E-state index contributed by atoms with van der Waals surface area (Å²) in [7, 11) is 0. The highest BCUT2D eigenvalue weighted by Gasteiger charge is 2.23. The number of hydrogen-bond acceptors (Lipinski definition) is 2. The SMILES string of the molecule is Fc1ccccc1Cc1nn(-c2cc(Cl)cc(Cl)c2)c2c1CCN2. The molecule has 3 aromatic rings. The lowest BCUT2D eigenvalue weighted by Gasteiger charge is -2.07. The van der Waals surface area contributed by atoms with Crippen LogP contribution in [-0.4, -0.2) is 16.3 Å². The van der Waals surface area contributed by atoms with Crippen LogP contribution in [0.5, 0.6) is 0 Å². The highest BCUT2D eigenvalue weighted by atomic mass is 35.5. The third kappa shape index (κ3) is 2.76. The van der Waals surface area contributed by atoms with Crippen molar-refractivity contribution in [3.8, 4) is 5.69 Å². The standard InChI is InChI=1S/C18H14Cl2FN3/c19-12-8-13(20)10-14(9-12)24-18-15(5-6-22-18)17(23-24)7-11-3-1-2-4-16(11)21/h1-4,8-10,22H,5-7H2. The lowest BCUT2D eigenvalue weighted by molar-refractivity contribution is 0.612. The third-order valence-electron chi connectivity index (χ3n) is 4.14. The molecule has 2 aromatic carbocycles. The summed E-state index contributed by atoms with van der Waals surface area (Å²) in [5.41, 5.74) is 3.42. The monoisotopic (exact) mass is 361 g/mol. The van der Waals surface area contributed by atoms with Gasteiger partial charge in [-0.15, -0.1) is 0 Å². The van der Waals surface area contributed by atoms with Gasteiger partial charge in [0, 0.05) is 28.6 Å². The first-order chi connectivity index (χ1) is 11.6. The molecule has 0 spiro atoms. The van der Waals surface area contributed by atoms with Gasteiger partial charge in [-0.3, -0.25) is 0 Å². The molecule has 6 heteroatoms. The van der Waals surface area contributed by atoms with E-state index in [1.807, 2.05) is 18.2 Å². The number of benzene rings is 2. The minimum atomic E-state index is -0.211. The number of nitrogens with zero attached hydrogens (tertiary/aromatic N) is 2. The summed E-state index contributed by atoms with van der Waals surface area (Å²) in [5, 5.41) is 9.14. The minimum absolute atomic E-state index is 0.211. The van der Waals surface area contributed by atoms with Gasteiger partial charge in [0.2, 0.25) is 0 Å². The average Bonchev–Trinajstić information content (AvgIpc) is 3.12. The van der Waals surface area contributed by atoms with Gasteiger partial charge < -0.3 is 5.32 Å². The van der Waals surface area contributed by atoms with Crippen LogP contribution in [-0.2, 0) is 12.8 Å². The summed E-state index contributed by atoms with van der Waals surface area (Å²) in [5.74, 6) is 0.720. The maximum atomic E-state index is 14.0. The molecule has 0 atom stereocenters. The van der Waals surface area contributed by atoms with Crippen LogP contribution in [0, 0.1) is 5.82 Å². The van der Waals surface area contributed by atoms with E-state index in [2.05, 4.69) is 5.32 Å². The Morgan fingerprint density at radius 1 is 1.12 bits per heavy atom. The molecule has 122 valence electrons. The van der Waals surface area contributed by atoms with E-state index >= 15 is 0 Å². The van der Waals surface area contributed by atoms with Crippen LogP contribution < -0.4 is 5.32 Å². The van der Waals surface area contributed by atoms with E-state index in [0.717, 1.165) is 35.7 Å². The second-order valence-electron chi connectivity index (χ2n) is 5.76. The summed E-state index contributed by atoms with van der Waals surface area (Å²) < 4.78 is 15.8. The normalized spacial score (nSPS) is 13.0. The maximum absolute atomic E-state index is 14.0. The molecular formula is C18H14Cl2FN3. The van der Waals surface area contributed by atoms with Crippen molar-refractivity contribution >= 4 is 29.0 Å². The predicted octanol–water partition coefficient (Wildman–Crippen LogP) is 4.88. The second-order valence-corrected chi connectivity index (χ2v) is 6.63. The van der Waals surface area contributed by atoms with Crippen molar-refractivity contribution in [2.24, 2.45) is 0 Å². The van der Waals surface area contributed by atoms with Gasteiger partial charge in [0.15, 0.2) is 0 Å². The van der Waals surface area contributed by atoms with Crippen molar-refractivity contribution in [3.63, 3.8) is 0 Å². The van der Waals surface area contributed by atoms with Gasteiger partial charge in [-0.2, -0.15) is 5.10 Å². The molecule has 0 amide bonds. The number of aromatic nitrogens is 2. The molecule has 0 aliphatic carbocycles. The molecule has 4 rings (SSSR count). The summed E-state index contributed by atoms with van der Waals surface area (Å²) >= 11 is 12.2. The molecule has 0 saturated carbocycles. The molecule has 0 fully saturated rings. The summed E-state index contributed by atoms with van der Waals surface area (Å²) in [6, 6.07) is 12.1. The van der Waals surface area contributed by atoms with E-state index in [-0.39, 0.29) is 5.82 Å². The number of anilines is 1. The Bertz CT molecular complexity index is 900. The number of fused-ring (bicyclic) bond motifs is 1. The van der Waals surface area contributed by atoms with Gasteiger partial charge in [-0.05, 0) is 36.2 Å². The van der Waals surface area contributed by atoms with Crippen LogP contribution in [0.25, 0.3) is 5.69 Å². The topological polar surface area (TPSA) is 29.9 Å². The summed E-state index contributed by atoms with van der Waals surface area (Å²) in [6.45, 7) is 0.839. The minimum Gasteiger partial charge on any atom is -0.369 e. The van der Waals surface area contributed by atoms with E-state index in [0.29, 0.717) is 22.0 Å². The molecule has 0 bridgehead atoms. The van der Waals surface area contributed by atoms with E-state index in [4.69, 9.17) is 28.3 Å². The van der Waals surface area contributed by atoms with E-state index in [1.54, 1.807) is 22.9 Å². The Labute approximate surface area is 149 Å². The van der Waals surface area contributed by atoms with Crippen LogP contribution in [0.4, 0.5) is 10.2 Å². The largest absolute Gasteiger partial charge is 0.369 e. The van der Waals surface area contributed by atoms with Gasteiger partial charge in [0.1, 0.15) is 11.6 Å². The van der Waals surface area contributed by atoms with E-state index < -0.39 is 0 Å². The summed E-state index contributed by atoms with van der Waals surface area (Å²) in [4.78, 5) is 0. The molecule has 1 aromatic heterocycles. The smallest absolute Gasteiger partial charge is 0.133 e. The molecule has 1 aliphatic rings. The Kier molecular flexibility index (Phi) is 3.94. The summed E-state index contributed by atoms with van der Waals surface area (Å²) in [6.07, 6.45) is 1.32. The molecule has 3 nitrogen and oxygen atoms in total. The fourth-order valence-electron chi connectivity index (χ4n) is 3.06. The van der Waals surface area contributed by atoms with Gasteiger partial charge in [-0.25, -0.2) is 9.07 Å². The maximum Gasteiger partial charge on any atom is 0.133 e. The molecule has 1 aliphatic heterocycles. The first-order valence-corrected chi connectivity index (χ1v) is 8.42. The number of rotatable bonds is 3. The molecule has 0 unspecified atom stereocenters. The van der Waals surface area contributed by atoms with Crippen LogP contribution in [0.3, 0.4) is 0 Å². The van der Waals surface area contributed by atoms with Crippen molar-refractivity contribution in [2.75, 3.05) is 11.9 Å². The van der Waals surface area contributed by atoms with Crippen LogP contribution in [0.2, 0.25) is 10.0 Å². The molecule has 0 saturated heterocycles. The first kappa shape index (κ1) is 15.5. The molecular weight excluding hydrogens is 348 g/mol. The number of nitrogens with one attached hydrogen (secondary N) is 1. The Hall–Kier alpha value is -2.04. The fraction of sp³-hybridized carbons (Fsp3) is 0.167. The molecule has 1 N–H and O–H groups in total. The van der Waals surface area contributed by atoms with Crippen LogP contribution in [0.15, 0.2) is 42.5 Å². The zero-order chi connectivity index (χ0) is 16.7. The second kappa shape index (κ2) is 6.11. The van der Waals surface area contributed by atoms with Gasteiger partial charge >= 0.3 is 0 Å². The zero-order valence-corrected chi connectivity index (χ0v) is 14.2. The first-order valence-electron chi connectivity index (χ1n) is 7.66. The molecule has 2 heterocycles. The van der Waals surface area contributed by atoms with Crippen molar-refractivity contribution in [2.45, 2.75) is 12.8 Å². The molecule has 0 radical (unpaired) electrons. The lowest BCUT2D eigenvalue weighted by Crippen LogP contribution is -2.05. The molecule has 24 heavy (non-hydrogen) atoms. The Morgan fingerprint density at radius 2 is 1.88 bits per heavy atom. The highest BCUT2D eigenvalue weighted by molar-refractivity contribution is 6.34. The number of hydrogen-bond donors (Lipinski definition) is 1. The lowest BCUT2D eigenvalue weighted by atomic mass is 10.1. The fourth-order valence-corrected chi connectivity index (χ4v) is 3.57. The van der Waals surface area contributed by atoms with E-state index in [9.17, 15) is 4.39 Å².